The van der Waals surface area contributed by atoms with Gasteiger partial charge in [-0.25, -0.2) is 0 Å². The summed E-state index contributed by atoms with van der Waals surface area (Å²) in [4.78, 5) is 18.9. The Bertz CT molecular complexity index is 428. The first kappa shape index (κ1) is 12.6. The van der Waals surface area contributed by atoms with Gasteiger partial charge in [-0.2, -0.15) is 0 Å². The quantitative estimate of drug-likeness (QED) is 0.880. The Labute approximate surface area is 114 Å². The minimum atomic E-state index is 0.172. The van der Waals surface area contributed by atoms with Crippen molar-refractivity contribution in [2.75, 3.05) is 19.6 Å². The number of amides is 1. The number of likely N-dealkylation sites (tertiary alicyclic amines) is 1. The van der Waals surface area contributed by atoms with Gasteiger partial charge in [0.25, 0.3) is 0 Å². The number of rotatable bonds is 2. The van der Waals surface area contributed by atoms with Crippen molar-refractivity contribution in [3.63, 3.8) is 0 Å². The average molecular weight is 259 g/mol. The molecule has 1 N–H and O–H groups in total. The van der Waals surface area contributed by atoms with Crippen molar-refractivity contribution < 1.29 is 4.79 Å². The van der Waals surface area contributed by atoms with E-state index in [-0.39, 0.29) is 12.0 Å². The van der Waals surface area contributed by atoms with Crippen LogP contribution in [0.2, 0.25) is 0 Å². The van der Waals surface area contributed by atoms with Gasteiger partial charge in [0.2, 0.25) is 5.91 Å². The number of carbonyl (C=O) groups excluding carboxylic acids is 1. The number of nitrogens with one attached hydrogen (secondary N) is 1. The third-order valence-electron chi connectivity index (χ3n) is 4.25. The third kappa shape index (κ3) is 2.63. The van der Waals surface area contributed by atoms with E-state index in [0.717, 1.165) is 45.3 Å². The fraction of sp³-hybridized carbons (Fsp3) is 0.600. The van der Waals surface area contributed by atoms with Gasteiger partial charge in [-0.05, 0) is 43.9 Å². The lowest BCUT2D eigenvalue weighted by Gasteiger charge is -2.31. The molecule has 0 aromatic carbocycles. The van der Waals surface area contributed by atoms with Gasteiger partial charge in [-0.1, -0.05) is 6.07 Å². The van der Waals surface area contributed by atoms with Gasteiger partial charge in [0.1, 0.15) is 0 Å². The molecule has 0 aliphatic carbocycles. The number of piperidine rings is 1. The molecule has 2 atom stereocenters. The molecule has 3 rings (SSSR count). The minimum Gasteiger partial charge on any atom is -0.335 e. The Hall–Kier alpha value is -1.42. The zero-order valence-corrected chi connectivity index (χ0v) is 11.2. The van der Waals surface area contributed by atoms with Crippen molar-refractivity contribution in [1.29, 1.82) is 0 Å². The molecule has 0 radical (unpaired) electrons. The van der Waals surface area contributed by atoms with Crippen LogP contribution in [0, 0.1) is 5.92 Å². The number of hydrogen-bond donors (Lipinski definition) is 1. The molecule has 0 saturated carbocycles. The molecule has 4 nitrogen and oxygen atoms in total. The molecule has 2 fully saturated rings. The summed E-state index contributed by atoms with van der Waals surface area (Å²) in [5, 5.41) is 3.33. The van der Waals surface area contributed by atoms with Gasteiger partial charge in [0, 0.05) is 25.5 Å². The number of nitrogens with zero attached hydrogens (tertiary/aromatic N) is 2. The van der Waals surface area contributed by atoms with Crippen LogP contribution < -0.4 is 5.32 Å². The van der Waals surface area contributed by atoms with Gasteiger partial charge in [-0.3, -0.25) is 9.78 Å². The van der Waals surface area contributed by atoms with E-state index in [1.807, 2.05) is 12.3 Å². The van der Waals surface area contributed by atoms with Gasteiger partial charge in [0.05, 0.1) is 12.0 Å². The zero-order valence-electron chi connectivity index (χ0n) is 11.2. The van der Waals surface area contributed by atoms with Crippen LogP contribution in [-0.4, -0.2) is 35.4 Å². The van der Waals surface area contributed by atoms with E-state index in [2.05, 4.69) is 21.3 Å². The van der Waals surface area contributed by atoms with Gasteiger partial charge < -0.3 is 10.2 Å². The fourth-order valence-electron chi connectivity index (χ4n) is 3.25. The lowest BCUT2D eigenvalue weighted by Crippen LogP contribution is -2.42. The topological polar surface area (TPSA) is 45.2 Å². The standard InChI is InChI=1S/C15H21N3O/c19-15(13-5-2-8-17-11-13)18-9-3-6-14(18)12-4-1-7-16-10-12/h1,4,7,10,13-14,17H,2-3,5-6,8-9,11H2/t13-,14?/m1/s1. The molecule has 2 aliphatic rings. The first-order valence-electron chi connectivity index (χ1n) is 7.27. The Morgan fingerprint density at radius 3 is 3.05 bits per heavy atom. The Balaban J connectivity index is 1.74. The van der Waals surface area contributed by atoms with Crippen LogP contribution in [0.1, 0.15) is 37.3 Å². The van der Waals surface area contributed by atoms with Crippen molar-refractivity contribution in [3.8, 4) is 0 Å². The summed E-state index contributed by atoms with van der Waals surface area (Å²) in [5.74, 6) is 0.504. The van der Waals surface area contributed by atoms with Crippen LogP contribution in [0.4, 0.5) is 0 Å². The first-order valence-corrected chi connectivity index (χ1v) is 7.27. The van der Waals surface area contributed by atoms with E-state index in [1.54, 1.807) is 6.20 Å². The summed E-state index contributed by atoms with van der Waals surface area (Å²) in [6.07, 6.45) is 8.00. The third-order valence-corrected chi connectivity index (χ3v) is 4.25. The monoisotopic (exact) mass is 259 g/mol. The Morgan fingerprint density at radius 2 is 2.32 bits per heavy atom. The summed E-state index contributed by atoms with van der Waals surface area (Å²) in [6, 6.07) is 4.28. The van der Waals surface area contributed by atoms with Crippen LogP contribution in [0.25, 0.3) is 0 Å². The SMILES string of the molecule is O=C([C@@H]1CCCNC1)N1CCCC1c1cccnc1. The summed E-state index contributed by atoms with van der Waals surface area (Å²) < 4.78 is 0. The molecule has 2 saturated heterocycles. The van der Waals surface area contributed by atoms with Crippen LogP contribution in [0.15, 0.2) is 24.5 Å². The second-order valence-corrected chi connectivity index (χ2v) is 5.52. The second-order valence-electron chi connectivity index (χ2n) is 5.52. The molecule has 2 aliphatic heterocycles. The molecule has 1 aromatic rings. The van der Waals surface area contributed by atoms with E-state index in [0.29, 0.717) is 5.91 Å². The molecule has 3 heterocycles. The predicted octanol–water partition coefficient (Wildman–Crippen LogP) is 1.74. The number of carbonyl (C=O) groups is 1. The minimum absolute atomic E-state index is 0.172. The van der Waals surface area contributed by atoms with E-state index >= 15 is 0 Å². The summed E-state index contributed by atoms with van der Waals surface area (Å²) >= 11 is 0. The lowest BCUT2D eigenvalue weighted by atomic mass is 9.97. The van der Waals surface area contributed by atoms with Crippen molar-refractivity contribution >= 4 is 5.91 Å². The summed E-state index contributed by atoms with van der Waals surface area (Å²) in [7, 11) is 0. The van der Waals surface area contributed by atoms with Crippen molar-refractivity contribution in [1.82, 2.24) is 15.2 Å². The molecule has 0 bridgehead atoms. The summed E-state index contributed by atoms with van der Waals surface area (Å²) in [6.45, 7) is 2.79. The van der Waals surface area contributed by atoms with E-state index in [9.17, 15) is 4.79 Å². The molecule has 1 amide bonds. The maximum atomic E-state index is 12.6. The molecule has 1 aromatic heterocycles. The molecule has 4 heteroatoms. The molecule has 0 spiro atoms. The van der Waals surface area contributed by atoms with E-state index in [4.69, 9.17) is 0 Å². The van der Waals surface area contributed by atoms with Gasteiger partial charge in [-0.15, -0.1) is 0 Å². The molecule has 1 unspecified atom stereocenters. The predicted molar refractivity (Wildman–Crippen MR) is 73.5 cm³/mol. The normalized spacial score (nSPS) is 27.5. The highest BCUT2D eigenvalue weighted by Crippen LogP contribution is 2.33. The second kappa shape index (κ2) is 5.70. The zero-order chi connectivity index (χ0) is 13.1. The van der Waals surface area contributed by atoms with Crippen LogP contribution in [0.3, 0.4) is 0 Å². The van der Waals surface area contributed by atoms with Crippen molar-refractivity contribution in [2.45, 2.75) is 31.7 Å². The van der Waals surface area contributed by atoms with Crippen LogP contribution in [-0.2, 0) is 4.79 Å². The number of pyridine rings is 1. The Morgan fingerprint density at radius 1 is 1.37 bits per heavy atom. The molecular formula is C15H21N3O. The molecule has 102 valence electrons. The highest BCUT2D eigenvalue weighted by atomic mass is 16.2. The molecular weight excluding hydrogens is 238 g/mol. The molecule has 19 heavy (non-hydrogen) atoms. The summed E-state index contributed by atoms with van der Waals surface area (Å²) in [5.41, 5.74) is 1.18. The highest BCUT2D eigenvalue weighted by molar-refractivity contribution is 5.80. The van der Waals surface area contributed by atoms with E-state index < -0.39 is 0 Å². The maximum absolute atomic E-state index is 12.6. The van der Waals surface area contributed by atoms with E-state index in [1.165, 1.54) is 5.56 Å². The Kier molecular flexibility index (Phi) is 3.78. The average Bonchev–Trinajstić information content (AvgIpc) is 2.98. The lowest BCUT2D eigenvalue weighted by molar-refractivity contribution is -0.137. The number of hydrogen-bond acceptors (Lipinski definition) is 3. The fourth-order valence-corrected chi connectivity index (χ4v) is 3.25. The largest absolute Gasteiger partial charge is 0.335 e. The maximum Gasteiger partial charge on any atom is 0.227 e. The first-order chi connectivity index (χ1) is 9.36. The smallest absolute Gasteiger partial charge is 0.227 e. The van der Waals surface area contributed by atoms with Crippen LogP contribution in [0.5, 0.6) is 0 Å². The number of aromatic nitrogens is 1. The van der Waals surface area contributed by atoms with Crippen molar-refractivity contribution in [2.24, 2.45) is 5.92 Å². The highest BCUT2D eigenvalue weighted by Gasteiger charge is 2.34. The van der Waals surface area contributed by atoms with Gasteiger partial charge >= 0.3 is 0 Å². The van der Waals surface area contributed by atoms with Crippen molar-refractivity contribution in [3.05, 3.63) is 30.1 Å². The van der Waals surface area contributed by atoms with Crippen LogP contribution >= 0.6 is 0 Å². The van der Waals surface area contributed by atoms with Gasteiger partial charge in [0.15, 0.2) is 0 Å².